The minimum absolute atomic E-state index is 0.240. The summed E-state index contributed by atoms with van der Waals surface area (Å²) in [6.45, 7) is 6.87. The van der Waals surface area contributed by atoms with E-state index >= 15 is 0 Å². The number of aromatic nitrogens is 1. The van der Waals surface area contributed by atoms with Gasteiger partial charge in [-0.3, -0.25) is 0 Å². The van der Waals surface area contributed by atoms with E-state index in [1.54, 1.807) is 18.3 Å². The van der Waals surface area contributed by atoms with Crippen molar-refractivity contribution in [2.75, 3.05) is 0 Å². The van der Waals surface area contributed by atoms with E-state index in [0.717, 1.165) is 12.8 Å². The maximum Gasteiger partial charge on any atom is 0.213 e. The molecule has 0 aliphatic heterocycles. The minimum atomic E-state index is 0.240. The normalized spacial score (nSPS) is 26.3. The van der Waals surface area contributed by atoms with Crippen LogP contribution in [0.2, 0.25) is 0 Å². The molecule has 3 nitrogen and oxygen atoms in total. The van der Waals surface area contributed by atoms with Gasteiger partial charge in [0.15, 0.2) is 0 Å². The molecular formula is C15H20N2O. The molecular weight excluding hydrogens is 224 g/mol. The molecule has 0 spiro atoms. The molecule has 1 aromatic heterocycles. The Morgan fingerprint density at radius 1 is 1.39 bits per heavy atom. The standard InChI is InChI=1S/C15H20N2O/c1-11-6-13(8-15(2,3)7-11)18-14-5-4-12(9-16)10-17-14/h4-5,10-11,13H,6-8H2,1-3H3. The second-order valence-electron chi connectivity index (χ2n) is 6.15. The Hall–Kier alpha value is -1.56. The van der Waals surface area contributed by atoms with Crippen molar-refractivity contribution >= 4 is 0 Å². The molecule has 0 N–H and O–H groups in total. The summed E-state index contributed by atoms with van der Waals surface area (Å²) in [7, 11) is 0. The molecule has 96 valence electrons. The molecule has 1 aliphatic carbocycles. The van der Waals surface area contributed by atoms with Crippen molar-refractivity contribution in [3.8, 4) is 11.9 Å². The van der Waals surface area contributed by atoms with E-state index in [0.29, 0.717) is 22.8 Å². The van der Waals surface area contributed by atoms with E-state index in [4.69, 9.17) is 10.00 Å². The third-order valence-corrected chi connectivity index (χ3v) is 3.50. The van der Waals surface area contributed by atoms with Crippen molar-refractivity contribution in [2.24, 2.45) is 11.3 Å². The molecule has 0 aromatic carbocycles. The van der Waals surface area contributed by atoms with Crippen molar-refractivity contribution in [3.05, 3.63) is 23.9 Å². The largest absolute Gasteiger partial charge is 0.474 e. The highest BCUT2D eigenvalue weighted by Crippen LogP contribution is 2.39. The first-order chi connectivity index (χ1) is 8.48. The molecule has 0 saturated heterocycles. The molecule has 1 saturated carbocycles. The van der Waals surface area contributed by atoms with Gasteiger partial charge in [0.1, 0.15) is 12.2 Å². The monoisotopic (exact) mass is 244 g/mol. The summed E-state index contributed by atoms with van der Waals surface area (Å²) in [6.07, 6.45) is 5.22. The molecule has 1 heterocycles. The predicted octanol–water partition coefficient (Wildman–Crippen LogP) is 3.55. The van der Waals surface area contributed by atoms with E-state index in [1.807, 2.05) is 0 Å². The Balaban J connectivity index is 2.02. The van der Waals surface area contributed by atoms with Crippen LogP contribution in [-0.2, 0) is 0 Å². The number of hydrogen-bond donors (Lipinski definition) is 0. The van der Waals surface area contributed by atoms with Crippen molar-refractivity contribution in [2.45, 2.75) is 46.1 Å². The molecule has 3 heteroatoms. The van der Waals surface area contributed by atoms with Crippen LogP contribution in [0.15, 0.2) is 18.3 Å². The lowest BCUT2D eigenvalue weighted by atomic mass is 9.71. The van der Waals surface area contributed by atoms with Gasteiger partial charge in [-0.25, -0.2) is 4.98 Å². The van der Waals surface area contributed by atoms with Crippen molar-refractivity contribution < 1.29 is 4.74 Å². The van der Waals surface area contributed by atoms with Crippen LogP contribution in [0.4, 0.5) is 0 Å². The second kappa shape index (κ2) is 4.97. The Kier molecular flexibility index (Phi) is 3.56. The number of hydrogen-bond acceptors (Lipinski definition) is 3. The van der Waals surface area contributed by atoms with Gasteiger partial charge in [-0.15, -0.1) is 0 Å². The third kappa shape index (κ3) is 3.22. The number of nitriles is 1. The van der Waals surface area contributed by atoms with Gasteiger partial charge in [0.2, 0.25) is 5.88 Å². The van der Waals surface area contributed by atoms with Gasteiger partial charge >= 0.3 is 0 Å². The number of nitrogens with zero attached hydrogens (tertiary/aromatic N) is 2. The zero-order valence-electron chi connectivity index (χ0n) is 11.3. The van der Waals surface area contributed by atoms with Gasteiger partial charge in [0, 0.05) is 12.3 Å². The third-order valence-electron chi connectivity index (χ3n) is 3.50. The van der Waals surface area contributed by atoms with Gasteiger partial charge in [0.25, 0.3) is 0 Å². The van der Waals surface area contributed by atoms with E-state index in [2.05, 4.69) is 31.8 Å². The first-order valence-electron chi connectivity index (χ1n) is 6.51. The topological polar surface area (TPSA) is 45.9 Å². The lowest BCUT2D eigenvalue weighted by Crippen LogP contribution is -2.34. The van der Waals surface area contributed by atoms with Crippen LogP contribution in [0, 0.1) is 22.7 Å². The molecule has 0 radical (unpaired) electrons. The Labute approximate surface area is 109 Å². The summed E-state index contributed by atoms with van der Waals surface area (Å²) in [5.41, 5.74) is 0.911. The Morgan fingerprint density at radius 2 is 2.17 bits per heavy atom. The summed E-state index contributed by atoms with van der Waals surface area (Å²) in [5.74, 6) is 1.32. The number of pyridine rings is 1. The molecule has 2 unspecified atom stereocenters. The summed E-state index contributed by atoms with van der Waals surface area (Å²) in [6, 6.07) is 5.59. The Morgan fingerprint density at radius 3 is 2.72 bits per heavy atom. The maximum atomic E-state index is 8.72. The van der Waals surface area contributed by atoms with Crippen LogP contribution in [0.5, 0.6) is 5.88 Å². The predicted molar refractivity (Wildman–Crippen MR) is 70.2 cm³/mol. The summed E-state index contributed by atoms with van der Waals surface area (Å²) in [5, 5.41) is 8.72. The smallest absolute Gasteiger partial charge is 0.213 e. The number of ether oxygens (including phenoxy) is 1. The molecule has 2 rings (SSSR count). The zero-order chi connectivity index (χ0) is 13.2. The second-order valence-corrected chi connectivity index (χ2v) is 6.15. The fraction of sp³-hybridized carbons (Fsp3) is 0.600. The highest BCUT2D eigenvalue weighted by Gasteiger charge is 2.33. The fourth-order valence-corrected chi connectivity index (χ4v) is 3.04. The maximum absolute atomic E-state index is 8.72. The highest BCUT2D eigenvalue weighted by atomic mass is 16.5. The summed E-state index contributed by atoms with van der Waals surface area (Å²) >= 11 is 0. The number of rotatable bonds is 2. The van der Waals surface area contributed by atoms with Gasteiger partial charge in [-0.1, -0.05) is 20.8 Å². The van der Waals surface area contributed by atoms with E-state index < -0.39 is 0 Å². The minimum Gasteiger partial charge on any atom is -0.474 e. The van der Waals surface area contributed by atoms with Gasteiger partial charge in [0.05, 0.1) is 5.56 Å². The molecule has 0 bridgehead atoms. The van der Waals surface area contributed by atoms with E-state index in [9.17, 15) is 0 Å². The van der Waals surface area contributed by atoms with E-state index in [-0.39, 0.29) is 6.10 Å². The van der Waals surface area contributed by atoms with Crippen molar-refractivity contribution in [1.82, 2.24) is 4.98 Å². The quantitative estimate of drug-likeness (QED) is 0.799. The molecule has 0 amide bonds. The lowest BCUT2D eigenvalue weighted by molar-refractivity contribution is 0.0532. The Bertz CT molecular complexity index is 445. The first kappa shape index (κ1) is 12.9. The van der Waals surface area contributed by atoms with Gasteiger partial charge in [-0.05, 0) is 36.7 Å². The van der Waals surface area contributed by atoms with Crippen LogP contribution >= 0.6 is 0 Å². The van der Waals surface area contributed by atoms with Crippen LogP contribution in [-0.4, -0.2) is 11.1 Å². The average Bonchev–Trinajstić information content (AvgIpc) is 2.27. The highest BCUT2D eigenvalue weighted by molar-refractivity contribution is 5.28. The van der Waals surface area contributed by atoms with Crippen LogP contribution < -0.4 is 4.74 Å². The molecule has 1 aliphatic rings. The SMILES string of the molecule is CC1CC(Oc2ccc(C#N)cn2)CC(C)(C)C1. The van der Waals surface area contributed by atoms with E-state index in [1.165, 1.54) is 6.42 Å². The summed E-state index contributed by atoms with van der Waals surface area (Å²) < 4.78 is 5.94. The van der Waals surface area contributed by atoms with Crippen LogP contribution in [0.25, 0.3) is 0 Å². The lowest BCUT2D eigenvalue weighted by Gasteiger charge is -2.38. The molecule has 1 aromatic rings. The first-order valence-corrected chi connectivity index (χ1v) is 6.51. The van der Waals surface area contributed by atoms with Crippen molar-refractivity contribution in [3.63, 3.8) is 0 Å². The van der Waals surface area contributed by atoms with Gasteiger partial charge in [-0.2, -0.15) is 5.26 Å². The van der Waals surface area contributed by atoms with Crippen LogP contribution in [0.3, 0.4) is 0 Å². The molecule has 2 atom stereocenters. The summed E-state index contributed by atoms with van der Waals surface area (Å²) in [4.78, 5) is 4.17. The van der Waals surface area contributed by atoms with Gasteiger partial charge < -0.3 is 4.74 Å². The zero-order valence-corrected chi connectivity index (χ0v) is 11.3. The van der Waals surface area contributed by atoms with Crippen molar-refractivity contribution in [1.29, 1.82) is 5.26 Å². The fourth-order valence-electron chi connectivity index (χ4n) is 3.04. The average molecular weight is 244 g/mol. The van der Waals surface area contributed by atoms with Crippen LogP contribution in [0.1, 0.15) is 45.6 Å². The molecule has 1 fully saturated rings. The molecule has 18 heavy (non-hydrogen) atoms.